The summed E-state index contributed by atoms with van der Waals surface area (Å²) >= 11 is 0. The number of hydrogen-bond donors (Lipinski definition) is 0. The molecule has 0 saturated carbocycles. The van der Waals surface area contributed by atoms with Gasteiger partial charge in [0.1, 0.15) is 0 Å². The molecule has 0 fully saturated rings. The fourth-order valence-corrected chi connectivity index (χ4v) is 1.47. The van der Waals surface area contributed by atoms with E-state index in [9.17, 15) is 8.42 Å². The Morgan fingerprint density at radius 2 is 1.85 bits per heavy atom. The SMILES string of the molecule is Cc1ccc2c(c1)=NC(=S(=O)=O)N=2. The van der Waals surface area contributed by atoms with Gasteiger partial charge in [0, 0.05) is 0 Å². The van der Waals surface area contributed by atoms with Crippen molar-refractivity contribution in [2.24, 2.45) is 9.98 Å². The Labute approximate surface area is 75.8 Å². The van der Waals surface area contributed by atoms with Crippen molar-refractivity contribution in [1.29, 1.82) is 0 Å². The average Bonchev–Trinajstić information content (AvgIpc) is 2.46. The molecule has 5 heteroatoms. The molecule has 0 amide bonds. The Bertz CT molecular complexity index is 606. The van der Waals surface area contributed by atoms with Crippen molar-refractivity contribution in [3.8, 4) is 0 Å². The molecule has 66 valence electrons. The van der Waals surface area contributed by atoms with Gasteiger partial charge in [-0.25, -0.2) is 9.98 Å². The molecule has 0 radical (unpaired) electrons. The Morgan fingerprint density at radius 3 is 2.54 bits per heavy atom. The molecule has 0 atom stereocenters. The smallest absolute Gasteiger partial charge is 0.213 e. The van der Waals surface area contributed by atoms with Crippen LogP contribution >= 0.6 is 0 Å². The van der Waals surface area contributed by atoms with E-state index in [0.717, 1.165) is 5.56 Å². The lowest BCUT2D eigenvalue weighted by molar-refractivity contribution is 0.626. The Hall–Kier alpha value is -1.49. The lowest BCUT2D eigenvalue weighted by Gasteiger charge is -1.85. The van der Waals surface area contributed by atoms with Crippen LogP contribution in [0.4, 0.5) is 0 Å². The summed E-state index contributed by atoms with van der Waals surface area (Å²) in [6.45, 7) is 1.92. The van der Waals surface area contributed by atoms with Crippen LogP contribution in [0.15, 0.2) is 28.2 Å². The number of rotatable bonds is 0. The van der Waals surface area contributed by atoms with Crippen LogP contribution in [0.25, 0.3) is 0 Å². The van der Waals surface area contributed by atoms with Crippen LogP contribution in [-0.4, -0.2) is 13.5 Å². The van der Waals surface area contributed by atoms with Crippen LogP contribution in [0.3, 0.4) is 0 Å². The maximum absolute atomic E-state index is 10.5. The molecule has 1 heterocycles. The van der Waals surface area contributed by atoms with Crippen molar-refractivity contribution >= 4 is 15.4 Å². The third kappa shape index (κ3) is 1.38. The zero-order chi connectivity index (χ0) is 9.42. The zero-order valence-corrected chi connectivity index (χ0v) is 7.67. The topological polar surface area (TPSA) is 58.9 Å². The van der Waals surface area contributed by atoms with E-state index in [2.05, 4.69) is 9.98 Å². The van der Waals surface area contributed by atoms with Crippen LogP contribution in [0.5, 0.6) is 0 Å². The molecule has 2 rings (SSSR count). The van der Waals surface area contributed by atoms with Gasteiger partial charge in [-0.05, 0) is 24.6 Å². The fourth-order valence-electron chi connectivity index (χ4n) is 1.12. The summed E-state index contributed by atoms with van der Waals surface area (Å²) in [5.74, 6) is 0. The van der Waals surface area contributed by atoms with Crippen molar-refractivity contribution in [3.63, 3.8) is 0 Å². The number of fused-ring (bicyclic) bond motifs is 1. The number of nitrogens with zero attached hydrogens (tertiary/aromatic N) is 2. The van der Waals surface area contributed by atoms with Crippen molar-refractivity contribution < 1.29 is 8.42 Å². The standard InChI is InChI=1S/C8H6N2O2S/c1-5-2-3-6-7(4-5)10-8(9-6)13(11)12/h2-4H,1H3. The van der Waals surface area contributed by atoms with E-state index in [-0.39, 0.29) is 5.11 Å². The van der Waals surface area contributed by atoms with Gasteiger partial charge in [-0.15, -0.1) is 0 Å². The molecule has 4 nitrogen and oxygen atoms in total. The molecule has 1 aromatic rings. The highest BCUT2D eigenvalue weighted by atomic mass is 32.2. The third-order valence-corrected chi connectivity index (χ3v) is 2.19. The maximum atomic E-state index is 10.5. The molecule has 0 saturated heterocycles. The predicted octanol–water partition coefficient (Wildman–Crippen LogP) is -0.786. The molecular weight excluding hydrogens is 188 g/mol. The van der Waals surface area contributed by atoms with Crippen LogP contribution < -0.4 is 10.7 Å². The highest BCUT2D eigenvalue weighted by Gasteiger charge is 2.03. The van der Waals surface area contributed by atoms with Crippen molar-refractivity contribution in [3.05, 3.63) is 34.5 Å². The summed E-state index contributed by atoms with van der Waals surface area (Å²) in [6, 6.07) is 5.43. The lowest BCUT2D eigenvalue weighted by atomic mass is 10.2. The van der Waals surface area contributed by atoms with E-state index in [4.69, 9.17) is 0 Å². The van der Waals surface area contributed by atoms with E-state index in [0.29, 0.717) is 10.7 Å². The average molecular weight is 194 g/mol. The summed E-state index contributed by atoms with van der Waals surface area (Å²) in [5, 5.41) is 1.10. The molecule has 0 aliphatic carbocycles. The first kappa shape index (κ1) is 8.12. The molecule has 0 aromatic heterocycles. The number of aryl methyl sites for hydroxylation is 1. The van der Waals surface area contributed by atoms with E-state index in [1.165, 1.54) is 0 Å². The van der Waals surface area contributed by atoms with E-state index in [1.807, 2.05) is 13.0 Å². The van der Waals surface area contributed by atoms with Gasteiger partial charge in [0.25, 0.3) is 15.4 Å². The second-order valence-corrected chi connectivity index (χ2v) is 3.57. The van der Waals surface area contributed by atoms with Crippen LogP contribution in [0, 0.1) is 6.92 Å². The fraction of sp³-hybridized carbons (Fsp3) is 0.125. The molecule has 0 spiro atoms. The van der Waals surface area contributed by atoms with Gasteiger partial charge in [0.05, 0.1) is 10.7 Å². The molecule has 1 aliphatic rings. The summed E-state index contributed by atoms with van der Waals surface area (Å²) in [5.41, 5.74) is 1.04. The van der Waals surface area contributed by atoms with Crippen LogP contribution in [0.2, 0.25) is 0 Å². The summed E-state index contributed by atoms with van der Waals surface area (Å²) in [4.78, 5) is 7.68. The van der Waals surface area contributed by atoms with Crippen molar-refractivity contribution in [2.45, 2.75) is 6.92 Å². The normalized spacial score (nSPS) is 13.2. The first-order chi connectivity index (χ1) is 6.16. The van der Waals surface area contributed by atoms with Gasteiger partial charge in [-0.3, -0.25) is 0 Å². The van der Waals surface area contributed by atoms with E-state index < -0.39 is 10.3 Å². The second-order valence-electron chi connectivity index (χ2n) is 2.73. The van der Waals surface area contributed by atoms with Gasteiger partial charge in [0.15, 0.2) is 0 Å². The predicted molar refractivity (Wildman–Crippen MR) is 47.4 cm³/mol. The first-order valence-corrected chi connectivity index (χ1v) is 4.74. The Morgan fingerprint density at radius 1 is 1.15 bits per heavy atom. The quantitative estimate of drug-likeness (QED) is 0.508. The molecule has 1 aliphatic heterocycles. The van der Waals surface area contributed by atoms with Gasteiger partial charge >= 0.3 is 0 Å². The number of benzene rings is 1. The Balaban J connectivity index is 2.90. The Kier molecular flexibility index (Phi) is 1.73. The molecule has 0 unspecified atom stereocenters. The highest BCUT2D eigenvalue weighted by Crippen LogP contribution is 1.89. The minimum atomic E-state index is -2.34. The van der Waals surface area contributed by atoms with Crippen LogP contribution in [0.1, 0.15) is 5.56 Å². The minimum absolute atomic E-state index is 0.138. The van der Waals surface area contributed by atoms with Gasteiger partial charge in [0.2, 0.25) is 0 Å². The minimum Gasteiger partial charge on any atom is -0.213 e. The molecule has 1 aromatic carbocycles. The van der Waals surface area contributed by atoms with Gasteiger partial charge in [-0.2, -0.15) is 8.42 Å². The summed E-state index contributed by atoms with van der Waals surface area (Å²) < 4.78 is 21.1. The maximum Gasteiger partial charge on any atom is 0.277 e. The molecule has 0 bridgehead atoms. The third-order valence-electron chi connectivity index (χ3n) is 1.71. The number of hydrogen-bond acceptors (Lipinski definition) is 2. The van der Waals surface area contributed by atoms with Gasteiger partial charge < -0.3 is 0 Å². The van der Waals surface area contributed by atoms with E-state index >= 15 is 0 Å². The lowest BCUT2D eigenvalue weighted by Crippen LogP contribution is -2.20. The van der Waals surface area contributed by atoms with Crippen molar-refractivity contribution in [1.82, 2.24) is 0 Å². The first-order valence-electron chi connectivity index (χ1n) is 3.67. The summed E-state index contributed by atoms with van der Waals surface area (Å²) in [6.07, 6.45) is 0. The zero-order valence-electron chi connectivity index (χ0n) is 6.85. The molecular formula is C8H6N2O2S. The van der Waals surface area contributed by atoms with Crippen molar-refractivity contribution in [2.75, 3.05) is 0 Å². The molecule has 13 heavy (non-hydrogen) atoms. The molecule has 0 N–H and O–H groups in total. The second kappa shape index (κ2) is 2.77. The van der Waals surface area contributed by atoms with E-state index in [1.54, 1.807) is 12.1 Å². The highest BCUT2D eigenvalue weighted by molar-refractivity contribution is 7.72. The van der Waals surface area contributed by atoms with Crippen LogP contribution in [-0.2, 0) is 10.3 Å². The monoisotopic (exact) mass is 194 g/mol. The van der Waals surface area contributed by atoms with Gasteiger partial charge in [-0.1, -0.05) is 6.07 Å². The largest absolute Gasteiger partial charge is 0.277 e. The summed E-state index contributed by atoms with van der Waals surface area (Å²) in [7, 11) is -2.34.